The van der Waals surface area contributed by atoms with Crippen LogP contribution < -0.4 is 14.8 Å². The van der Waals surface area contributed by atoms with E-state index in [1.54, 1.807) is 48.5 Å². The Labute approximate surface area is 148 Å². The van der Waals surface area contributed by atoms with E-state index in [1.807, 2.05) is 13.8 Å². The van der Waals surface area contributed by atoms with E-state index in [0.29, 0.717) is 35.2 Å². The lowest BCUT2D eigenvalue weighted by Crippen LogP contribution is -2.16. The van der Waals surface area contributed by atoms with E-state index in [4.69, 9.17) is 4.74 Å². The molecule has 0 aliphatic carbocycles. The fourth-order valence-corrected chi connectivity index (χ4v) is 2.64. The highest BCUT2D eigenvalue weighted by Crippen LogP contribution is 2.23. The maximum Gasteiger partial charge on any atom is 0.255 e. The zero-order valence-corrected chi connectivity index (χ0v) is 15.3. The Kier molecular flexibility index (Phi) is 6.03. The molecule has 0 spiro atoms. The maximum atomic E-state index is 12.5. The van der Waals surface area contributed by atoms with E-state index >= 15 is 0 Å². The lowest BCUT2D eigenvalue weighted by atomic mass is 10.2. The second-order valence-corrected chi connectivity index (χ2v) is 7.86. The third kappa shape index (κ3) is 6.11. The molecule has 2 aromatic rings. The minimum atomic E-state index is -3.44. The van der Waals surface area contributed by atoms with Gasteiger partial charge in [-0.25, -0.2) is 8.42 Å². The summed E-state index contributed by atoms with van der Waals surface area (Å²) in [5.41, 5.74) is 1.12. The fourth-order valence-electron chi connectivity index (χ4n) is 2.07. The van der Waals surface area contributed by atoms with Gasteiger partial charge in [0.05, 0.1) is 24.2 Å². The lowest BCUT2D eigenvalue weighted by Gasteiger charge is -2.13. The summed E-state index contributed by atoms with van der Waals surface area (Å²) in [7, 11) is -3.44. The van der Waals surface area contributed by atoms with Crippen LogP contribution in [0.25, 0.3) is 0 Å². The molecule has 0 fully saturated rings. The number of anilines is 2. The summed E-state index contributed by atoms with van der Waals surface area (Å²) in [6.07, 6.45) is 1.06. The topological polar surface area (TPSA) is 84.5 Å². The zero-order valence-electron chi connectivity index (χ0n) is 14.4. The van der Waals surface area contributed by atoms with E-state index < -0.39 is 10.0 Å². The van der Waals surface area contributed by atoms with Gasteiger partial charge in [-0.15, -0.1) is 0 Å². The number of carbonyl (C=O) groups excluding carboxylic acids is 1. The van der Waals surface area contributed by atoms with Gasteiger partial charge >= 0.3 is 0 Å². The van der Waals surface area contributed by atoms with Gasteiger partial charge in [-0.05, 0) is 36.2 Å². The van der Waals surface area contributed by atoms with Crippen molar-refractivity contribution in [2.45, 2.75) is 13.8 Å². The van der Waals surface area contributed by atoms with Crippen LogP contribution in [-0.2, 0) is 10.0 Å². The van der Waals surface area contributed by atoms with Gasteiger partial charge in [-0.1, -0.05) is 32.0 Å². The predicted octanol–water partition coefficient (Wildman–Crippen LogP) is 3.35. The normalized spacial score (nSPS) is 11.2. The summed E-state index contributed by atoms with van der Waals surface area (Å²) in [6, 6.07) is 13.5. The van der Waals surface area contributed by atoms with Crippen LogP contribution in [0, 0.1) is 5.92 Å². The average Bonchev–Trinajstić information content (AvgIpc) is 2.53. The van der Waals surface area contributed by atoms with Crippen LogP contribution in [0.5, 0.6) is 5.75 Å². The molecule has 2 rings (SSSR count). The molecule has 0 aromatic heterocycles. The van der Waals surface area contributed by atoms with Gasteiger partial charge in [0.2, 0.25) is 10.0 Å². The highest BCUT2D eigenvalue weighted by atomic mass is 32.2. The zero-order chi connectivity index (χ0) is 18.4. The number of hydrogen-bond acceptors (Lipinski definition) is 4. The molecule has 25 heavy (non-hydrogen) atoms. The lowest BCUT2D eigenvalue weighted by molar-refractivity contribution is 0.102. The Hall–Kier alpha value is -2.54. The third-order valence-corrected chi connectivity index (χ3v) is 3.74. The van der Waals surface area contributed by atoms with E-state index in [-0.39, 0.29) is 5.91 Å². The van der Waals surface area contributed by atoms with Crippen LogP contribution in [0.2, 0.25) is 0 Å². The third-order valence-electron chi connectivity index (χ3n) is 3.15. The van der Waals surface area contributed by atoms with Gasteiger partial charge in [0.25, 0.3) is 5.91 Å². The van der Waals surface area contributed by atoms with Crippen LogP contribution in [-0.4, -0.2) is 27.2 Å². The summed E-state index contributed by atoms with van der Waals surface area (Å²) in [4.78, 5) is 12.5. The van der Waals surface area contributed by atoms with Crippen LogP contribution in [0.15, 0.2) is 48.5 Å². The molecule has 7 heteroatoms. The van der Waals surface area contributed by atoms with Crippen molar-refractivity contribution in [2.75, 3.05) is 22.9 Å². The summed E-state index contributed by atoms with van der Waals surface area (Å²) >= 11 is 0. The second kappa shape index (κ2) is 8.02. The van der Waals surface area contributed by atoms with Gasteiger partial charge in [0.1, 0.15) is 5.75 Å². The molecule has 6 nitrogen and oxygen atoms in total. The van der Waals surface area contributed by atoms with Gasteiger partial charge in [-0.2, -0.15) is 0 Å². The first-order valence-electron chi connectivity index (χ1n) is 7.85. The van der Waals surface area contributed by atoms with Crippen molar-refractivity contribution in [1.29, 1.82) is 0 Å². The summed E-state index contributed by atoms with van der Waals surface area (Å²) in [5, 5.41) is 2.72. The molecule has 134 valence electrons. The van der Waals surface area contributed by atoms with Crippen LogP contribution in [0.1, 0.15) is 24.2 Å². The standard InChI is InChI=1S/C18H22N2O4S/c1-13(2)12-24-15-8-6-7-14(11-15)18(21)19-16-9-4-5-10-17(16)20-25(3,22)23/h4-11,13,20H,12H2,1-3H3,(H,19,21). The first kappa shape index (κ1) is 18.8. The van der Waals surface area contributed by atoms with Crippen molar-refractivity contribution >= 4 is 27.3 Å². The van der Waals surface area contributed by atoms with Crippen molar-refractivity contribution in [3.8, 4) is 5.75 Å². The largest absolute Gasteiger partial charge is 0.493 e. The molecule has 2 aromatic carbocycles. The summed E-state index contributed by atoms with van der Waals surface area (Å²) in [5.74, 6) is 0.646. The number of benzene rings is 2. The maximum absolute atomic E-state index is 12.5. The Morgan fingerprint density at radius 3 is 2.40 bits per heavy atom. The number of amides is 1. The molecule has 2 N–H and O–H groups in total. The molecule has 0 saturated heterocycles. The Balaban J connectivity index is 2.16. The highest BCUT2D eigenvalue weighted by Gasteiger charge is 2.12. The first-order chi connectivity index (χ1) is 11.7. The number of carbonyl (C=O) groups is 1. The van der Waals surface area contributed by atoms with Gasteiger partial charge < -0.3 is 10.1 Å². The number of ether oxygens (including phenoxy) is 1. The molecule has 0 bridgehead atoms. The van der Waals surface area contributed by atoms with E-state index in [0.717, 1.165) is 6.26 Å². The molecule has 0 aliphatic heterocycles. The predicted molar refractivity (Wildman–Crippen MR) is 99.6 cm³/mol. The van der Waals surface area contributed by atoms with Gasteiger partial charge in [0, 0.05) is 5.56 Å². The van der Waals surface area contributed by atoms with Crippen molar-refractivity contribution < 1.29 is 17.9 Å². The molecule has 0 unspecified atom stereocenters. The average molecular weight is 362 g/mol. The fraction of sp³-hybridized carbons (Fsp3) is 0.278. The van der Waals surface area contributed by atoms with Gasteiger partial charge in [-0.3, -0.25) is 9.52 Å². The monoisotopic (exact) mass is 362 g/mol. The number of hydrogen-bond donors (Lipinski definition) is 2. The quantitative estimate of drug-likeness (QED) is 0.791. The molecule has 1 amide bonds. The summed E-state index contributed by atoms with van der Waals surface area (Å²) < 4.78 is 30.9. The molecule has 0 radical (unpaired) electrons. The van der Waals surface area contributed by atoms with Crippen molar-refractivity contribution in [3.05, 3.63) is 54.1 Å². The molecule has 0 heterocycles. The molecule has 0 aliphatic rings. The number of nitrogens with one attached hydrogen (secondary N) is 2. The van der Waals surface area contributed by atoms with E-state index in [1.165, 1.54) is 0 Å². The number of rotatable bonds is 7. The van der Waals surface area contributed by atoms with Crippen LogP contribution in [0.3, 0.4) is 0 Å². The van der Waals surface area contributed by atoms with Gasteiger partial charge in [0.15, 0.2) is 0 Å². The Morgan fingerprint density at radius 2 is 1.76 bits per heavy atom. The van der Waals surface area contributed by atoms with Crippen molar-refractivity contribution in [3.63, 3.8) is 0 Å². The minimum Gasteiger partial charge on any atom is -0.493 e. The molecular formula is C18H22N2O4S. The number of sulfonamides is 1. The van der Waals surface area contributed by atoms with Crippen LogP contribution in [0.4, 0.5) is 11.4 Å². The van der Waals surface area contributed by atoms with E-state index in [9.17, 15) is 13.2 Å². The second-order valence-electron chi connectivity index (χ2n) is 6.11. The smallest absolute Gasteiger partial charge is 0.255 e. The first-order valence-corrected chi connectivity index (χ1v) is 9.75. The van der Waals surface area contributed by atoms with Crippen molar-refractivity contribution in [1.82, 2.24) is 0 Å². The SMILES string of the molecule is CC(C)COc1cccc(C(=O)Nc2ccccc2NS(C)(=O)=O)c1. The van der Waals surface area contributed by atoms with E-state index in [2.05, 4.69) is 10.0 Å². The van der Waals surface area contributed by atoms with Crippen molar-refractivity contribution in [2.24, 2.45) is 5.92 Å². The highest BCUT2D eigenvalue weighted by molar-refractivity contribution is 7.92. The number of para-hydroxylation sites is 2. The minimum absolute atomic E-state index is 0.311. The molecular weight excluding hydrogens is 340 g/mol. The summed E-state index contributed by atoms with van der Waals surface area (Å²) in [6.45, 7) is 4.65. The van der Waals surface area contributed by atoms with Crippen LogP contribution >= 0.6 is 0 Å². The molecule has 0 saturated carbocycles. The molecule has 0 atom stereocenters. The Morgan fingerprint density at radius 1 is 1.08 bits per heavy atom. The Bertz CT molecular complexity index is 848.